The third kappa shape index (κ3) is 0.914. The van der Waals surface area contributed by atoms with Crippen molar-refractivity contribution in [2.45, 2.75) is 0 Å². The van der Waals surface area contributed by atoms with E-state index in [9.17, 15) is 4.79 Å². The monoisotopic (exact) mass is 169 g/mol. The van der Waals surface area contributed by atoms with Crippen molar-refractivity contribution in [3.8, 4) is 0 Å². The van der Waals surface area contributed by atoms with Gasteiger partial charge in [0.05, 0.1) is 6.20 Å². The number of halogens is 1. The number of fused-ring (bicyclic) bond motifs is 1. The lowest BCUT2D eigenvalue weighted by atomic mass is 10.6. The molecule has 0 saturated heterocycles. The van der Waals surface area contributed by atoms with Gasteiger partial charge in [-0.3, -0.25) is 4.79 Å². The number of aromatic nitrogens is 3. The molecule has 0 unspecified atom stereocenters. The summed E-state index contributed by atoms with van der Waals surface area (Å²) in [6, 6.07) is 2.95. The molecule has 0 atom stereocenters. The second-order valence-electron chi connectivity index (χ2n) is 2.08. The summed E-state index contributed by atoms with van der Waals surface area (Å²) in [5.74, 6) is 0. The van der Waals surface area contributed by atoms with Gasteiger partial charge in [0, 0.05) is 12.1 Å². The molecule has 0 aromatic carbocycles. The van der Waals surface area contributed by atoms with E-state index in [2.05, 4.69) is 10.1 Å². The number of hydrogen-bond donors (Lipinski definition) is 1. The second kappa shape index (κ2) is 2.10. The minimum atomic E-state index is -0.219. The van der Waals surface area contributed by atoms with Gasteiger partial charge in [0.25, 0.3) is 5.56 Å². The first kappa shape index (κ1) is 6.42. The predicted octanol–water partition coefficient (Wildman–Crippen LogP) is 0.676. The fourth-order valence-corrected chi connectivity index (χ4v) is 1.13. The second-order valence-corrected chi connectivity index (χ2v) is 2.47. The smallest absolute Gasteiger partial charge is 0.252 e. The van der Waals surface area contributed by atoms with Crippen LogP contribution < -0.4 is 5.56 Å². The first-order valence-corrected chi connectivity index (χ1v) is 3.38. The summed E-state index contributed by atoms with van der Waals surface area (Å²) in [6.45, 7) is 0. The van der Waals surface area contributed by atoms with Crippen LogP contribution in [0.5, 0.6) is 0 Å². The maximum Gasteiger partial charge on any atom is 0.252 e. The van der Waals surface area contributed by atoms with E-state index in [-0.39, 0.29) is 5.56 Å². The van der Waals surface area contributed by atoms with Crippen molar-refractivity contribution in [2.75, 3.05) is 0 Å². The Morgan fingerprint density at radius 1 is 1.64 bits per heavy atom. The molecule has 2 heterocycles. The molecule has 2 aromatic rings. The number of hydrogen-bond acceptors (Lipinski definition) is 2. The Bertz CT molecular complexity index is 444. The first-order chi connectivity index (χ1) is 5.27. The van der Waals surface area contributed by atoms with E-state index in [1.165, 1.54) is 10.6 Å². The Hall–Kier alpha value is -1.29. The van der Waals surface area contributed by atoms with Gasteiger partial charge in [-0.1, -0.05) is 11.6 Å². The van der Waals surface area contributed by atoms with Crippen LogP contribution in [0.1, 0.15) is 0 Å². The Morgan fingerprint density at radius 3 is 3.27 bits per heavy atom. The summed E-state index contributed by atoms with van der Waals surface area (Å²) in [4.78, 5) is 13.4. The van der Waals surface area contributed by atoms with Crippen LogP contribution in [0.25, 0.3) is 5.65 Å². The van der Waals surface area contributed by atoms with Crippen molar-refractivity contribution in [3.63, 3.8) is 0 Å². The van der Waals surface area contributed by atoms with Crippen molar-refractivity contribution < 1.29 is 0 Å². The van der Waals surface area contributed by atoms with Crippen LogP contribution in [0.3, 0.4) is 0 Å². The Labute approximate surface area is 66.4 Å². The predicted molar refractivity (Wildman–Crippen MR) is 40.8 cm³/mol. The first-order valence-electron chi connectivity index (χ1n) is 3.00. The fraction of sp³-hybridized carbons (Fsp3) is 0. The van der Waals surface area contributed by atoms with E-state index < -0.39 is 0 Å². The van der Waals surface area contributed by atoms with Gasteiger partial charge in [-0.05, 0) is 0 Å². The maximum atomic E-state index is 10.8. The van der Waals surface area contributed by atoms with Gasteiger partial charge in [0.2, 0.25) is 0 Å². The van der Waals surface area contributed by atoms with E-state index in [0.29, 0.717) is 10.8 Å². The lowest BCUT2D eigenvalue weighted by molar-refractivity contribution is 0.932. The molecule has 0 fully saturated rings. The molecule has 5 heteroatoms. The third-order valence-corrected chi connectivity index (χ3v) is 1.62. The zero-order chi connectivity index (χ0) is 7.84. The molecular formula is C6H4ClN3O. The van der Waals surface area contributed by atoms with Gasteiger partial charge in [-0.2, -0.15) is 5.10 Å². The van der Waals surface area contributed by atoms with Crippen LogP contribution in [-0.2, 0) is 0 Å². The van der Waals surface area contributed by atoms with Gasteiger partial charge in [0.15, 0.2) is 0 Å². The minimum absolute atomic E-state index is 0.219. The van der Waals surface area contributed by atoms with E-state index in [1.807, 2.05) is 0 Å². The average molecular weight is 170 g/mol. The Kier molecular flexibility index (Phi) is 1.22. The zero-order valence-electron chi connectivity index (χ0n) is 5.41. The number of rotatable bonds is 0. The van der Waals surface area contributed by atoms with E-state index >= 15 is 0 Å². The molecule has 2 aromatic heterocycles. The van der Waals surface area contributed by atoms with Crippen LogP contribution in [-0.4, -0.2) is 14.6 Å². The van der Waals surface area contributed by atoms with Gasteiger partial charge < -0.3 is 4.98 Å². The molecule has 0 aliphatic heterocycles. The van der Waals surface area contributed by atoms with E-state index in [1.54, 1.807) is 12.3 Å². The lowest BCUT2D eigenvalue weighted by Gasteiger charge is -1.93. The van der Waals surface area contributed by atoms with Crippen LogP contribution in [0.4, 0.5) is 0 Å². The Balaban J connectivity index is 3.02. The summed E-state index contributed by atoms with van der Waals surface area (Å²) in [7, 11) is 0. The summed E-state index contributed by atoms with van der Waals surface area (Å²) in [5.41, 5.74) is 0.380. The van der Waals surface area contributed by atoms with Crippen molar-refractivity contribution in [1.82, 2.24) is 14.6 Å². The Morgan fingerprint density at radius 2 is 2.45 bits per heavy atom. The van der Waals surface area contributed by atoms with Crippen LogP contribution >= 0.6 is 11.6 Å². The summed E-state index contributed by atoms with van der Waals surface area (Å²) >= 11 is 5.68. The lowest BCUT2D eigenvalue weighted by Crippen LogP contribution is -2.07. The zero-order valence-corrected chi connectivity index (χ0v) is 6.17. The molecular weight excluding hydrogens is 166 g/mol. The molecule has 56 valence electrons. The van der Waals surface area contributed by atoms with Crippen molar-refractivity contribution >= 4 is 17.2 Å². The van der Waals surface area contributed by atoms with E-state index in [4.69, 9.17) is 11.6 Å². The summed E-state index contributed by atoms with van der Waals surface area (Å²) in [6.07, 6.45) is 1.57. The molecule has 0 aliphatic rings. The normalized spacial score (nSPS) is 10.6. The van der Waals surface area contributed by atoms with Gasteiger partial charge in [-0.25, -0.2) is 4.52 Å². The molecule has 0 saturated carbocycles. The largest absolute Gasteiger partial charge is 0.307 e. The molecule has 1 N–H and O–H groups in total. The number of nitrogens with one attached hydrogen (secondary N) is 1. The van der Waals surface area contributed by atoms with Gasteiger partial charge in [-0.15, -0.1) is 0 Å². The standard InChI is InChI=1S/C6H4ClN3O/c7-4-3-6(11)9-5-1-2-8-10(4)5/h1-3H,(H,9,11). The van der Waals surface area contributed by atoms with Crippen molar-refractivity contribution in [2.24, 2.45) is 0 Å². The number of aromatic amines is 1. The molecule has 0 aliphatic carbocycles. The van der Waals surface area contributed by atoms with Gasteiger partial charge >= 0.3 is 0 Å². The topological polar surface area (TPSA) is 50.2 Å². The highest BCUT2D eigenvalue weighted by Gasteiger charge is 1.98. The molecule has 0 spiro atoms. The molecule has 11 heavy (non-hydrogen) atoms. The fourth-order valence-electron chi connectivity index (χ4n) is 0.900. The molecule has 0 radical (unpaired) electrons. The minimum Gasteiger partial charge on any atom is -0.307 e. The molecule has 0 bridgehead atoms. The van der Waals surface area contributed by atoms with Gasteiger partial charge in [0.1, 0.15) is 10.8 Å². The highest BCUT2D eigenvalue weighted by molar-refractivity contribution is 6.29. The van der Waals surface area contributed by atoms with Crippen molar-refractivity contribution in [3.05, 3.63) is 33.8 Å². The van der Waals surface area contributed by atoms with E-state index in [0.717, 1.165) is 0 Å². The number of H-pyrrole nitrogens is 1. The van der Waals surface area contributed by atoms with Crippen molar-refractivity contribution in [1.29, 1.82) is 0 Å². The quantitative estimate of drug-likeness (QED) is 0.590. The highest BCUT2D eigenvalue weighted by atomic mass is 35.5. The highest BCUT2D eigenvalue weighted by Crippen LogP contribution is 2.04. The van der Waals surface area contributed by atoms with Crippen LogP contribution in [0.2, 0.25) is 5.15 Å². The number of nitrogens with zero attached hydrogens (tertiary/aromatic N) is 2. The molecule has 4 nitrogen and oxygen atoms in total. The molecule has 2 rings (SSSR count). The van der Waals surface area contributed by atoms with Crippen LogP contribution in [0.15, 0.2) is 23.1 Å². The third-order valence-electron chi connectivity index (χ3n) is 1.35. The SMILES string of the molecule is O=c1cc(Cl)n2nccc2[nH]1. The van der Waals surface area contributed by atoms with Crippen LogP contribution in [0, 0.1) is 0 Å². The summed E-state index contributed by atoms with van der Waals surface area (Å²) < 4.78 is 1.45. The average Bonchev–Trinajstić information content (AvgIpc) is 2.34. The summed E-state index contributed by atoms with van der Waals surface area (Å²) in [5, 5.41) is 4.19. The maximum absolute atomic E-state index is 10.8. The molecule has 0 amide bonds.